The summed E-state index contributed by atoms with van der Waals surface area (Å²) in [5, 5.41) is 5.48. The lowest BCUT2D eigenvalue weighted by Crippen LogP contribution is -2.26. The van der Waals surface area contributed by atoms with Crippen LogP contribution in [0.1, 0.15) is 18.2 Å². The Bertz CT molecular complexity index is 1070. The maximum Gasteiger partial charge on any atom is 0.240 e. The quantitative estimate of drug-likeness (QED) is 0.617. The number of amides is 1. The number of carbonyl (C=O) groups is 1. The zero-order chi connectivity index (χ0) is 20.1. The molecule has 0 saturated carbocycles. The normalized spacial score (nSPS) is 11.4. The molecule has 0 aliphatic rings. The van der Waals surface area contributed by atoms with Crippen LogP contribution in [0.4, 0.5) is 5.69 Å². The lowest BCUT2D eigenvalue weighted by atomic mass is 10.1. The highest BCUT2D eigenvalue weighted by Crippen LogP contribution is 2.24. The average Bonchev–Trinajstić information content (AvgIpc) is 3.10. The SMILES string of the molecule is CC(=O)Nc1ccc(S(=O)(=O)NCCc2csc(-c3cccc(C)c3)n2)cc1. The molecule has 1 amide bonds. The number of thiazole rings is 1. The summed E-state index contributed by atoms with van der Waals surface area (Å²) < 4.78 is 27.4. The van der Waals surface area contributed by atoms with Crippen LogP contribution in [0.2, 0.25) is 0 Å². The van der Waals surface area contributed by atoms with Gasteiger partial charge in [-0.05, 0) is 37.3 Å². The van der Waals surface area contributed by atoms with Crippen LogP contribution in [0.5, 0.6) is 0 Å². The van der Waals surface area contributed by atoms with Crippen molar-refractivity contribution in [1.82, 2.24) is 9.71 Å². The van der Waals surface area contributed by atoms with Crippen molar-refractivity contribution in [3.05, 3.63) is 65.2 Å². The van der Waals surface area contributed by atoms with Gasteiger partial charge in [0.25, 0.3) is 0 Å². The van der Waals surface area contributed by atoms with Crippen LogP contribution in [0, 0.1) is 6.92 Å². The van der Waals surface area contributed by atoms with E-state index in [9.17, 15) is 13.2 Å². The van der Waals surface area contributed by atoms with Gasteiger partial charge in [0.05, 0.1) is 10.6 Å². The molecule has 0 aliphatic heterocycles. The summed E-state index contributed by atoms with van der Waals surface area (Å²) in [7, 11) is -3.61. The second-order valence-corrected chi connectivity index (χ2v) is 8.99. The average molecular weight is 416 g/mol. The number of anilines is 1. The summed E-state index contributed by atoms with van der Waals surface area (Å²) in [6.45, 7) is 3.69. The molecule has 0 fully saturated rings. The smallest absolute Gasteiger partial charge is 0.240 e. The third kappa shape index (κ3) is 5.25. The van der Waals surface area contributed by atoms with Crippen LogP contribution < -0.4 is 10.0 Å². The molecule has 1 aromatic heterocycles. The summed E-state index contributed by atoms with van der Waals surface area (Å²) in [6, 6.07) is 14.2. The summed E-state index contributed by atoms with van der Waals surface area (Å²) >= 11 is 1.55. The minimum Gasteiger partial charge on any atom is -0.326 e. The number of hydrogen-bond donors (Lipinski definition) is 2. The van der Waals surface area contributed by atoms with Crippen LogP contribution in [0.3, 0.4) is 0 Å². The zero-order valence-corrected chi connectivity index (χ0v) is 17.2. The van der Waals surface area contributed by atoms with Gasteiger partial charge in [-0.2, -0.15) is 0 Å². The lowest BCUT2D eigenvalue weighted by molar-refractivity contribution is -0.114. The highest BCUT2D eigenvalue weighted by atomic mass is 32.2. The molecular formula is C20H21N3O3S2. The van der Waals surface area contributed by atoms with Gasteiger partial charge in [-0.3, -0.25) is 4.79 Å². The van der Waals surface area contributed by atoms with Gasteiger partial charge >= 0.3 is 0 Å². The first-order valence-corrected chi connectivity index (χ1v) is 11.1. The number of sulfonamides is 1. The molecule has 6 nitrogen and oxygen atoms in total. The number of carbonyl (C=O) groups excluding carboxylic acids is 1. The number of hydrogen-bond acceptors (Lipinski definition) is 5. The van der Waals surface area contributed by atoms with Crippen molar-refractivity contribution < 1.29 is 13.2 Å². The van der Waals surface area contributed by atoms with Gasteiger partial charge in [0.15, 0.2) is 0 Å². The number of aromatic nitrogens is 1. The van der Waals surface area contributed by atoms with Gasteiger partial charge in [0.1, 0.15) is 5.01 Å². The Hall–Kier alpha value is -2.55. The highest BCUT2D eigenvalue weighted by molar-refractivity contribution is 7.89. The van der Waals surface area contributed by atoms with Gasteiger partial charge < -0.3 is 5.32 Å². The van der Waals surface area contributed by atoms with Crippen molar-refractivity contribution in [3.63, 3.8) is 0 Å². The standard InChI is InChI=1S/C20H21N3O3S2/c1-14-4-3-5-16(12-14)20-23-18(13-27-20)10-11-21-28(25,26)19-8-6-17(7-9-19)22-15(2)24/h3-9,12-13,21H,10-11H2,1-2H3,(H,22,24). The Morgan fingerprint density at radius 1 is 1.14 bits per heavy atom. The van der Waals surface area contributed by atoms with E-state index in [1.807, 2.05) is 30.5 Å². The second-order valence-electron chi connectivity index (χ2n) is 6.37. The van der Waals surface area contributed by atoms with E-state index in [0.717, 1.165) is 16.3 Å². The summed E-state index contributed by atoms with van der Waals surface area (Å²) in [5.74, 6) is -0.206. The lowest BCUT2D eigenvalue weighted by Gasteiger charge is -2.07. The van der Waals surface area contributed by atoms with E-state index in [1.54, 1.807) is 23.5 Å². The van der Waals surface area contributed by atoms with Crippen molar-refractivity contribution >= 4 is 33.0 Å². The van der Waals surface area contributed by atoms with E-state index >= 15 is 0 Å². The Kier molecular flexibility index (Phi) is 6.23. The van der Waals surface area contributed by atoms with E-state index in [2.05, 4.69) is 21.1 Å². The number of nitrogens with one attached hydrogen (secondary N) is 2. The fourth-order valence-corrected chi connectivity index (χ4v) is 4.53. The molecule has 0 radical (unpaired) electrons. The van der Waals surface area contributed by atoms with Crippen molar-refractivity contribution in [2.45, 2.75) is 25.2 Å². The fraction of sp³-hybridized carbons (Fsp3) is 0.200. The minimum absolute atomic E-state index is 0.153. The maximum atomic E-state index is 12.4. The Labute approximate surface area is 168 Å². The van der Waals surface area contributed by atoms with E-state index in [0.29, 0.717) is 12.1 Å². The van der Waals surface area contributed by atoms with Gasteiger partial charge in [-0.1, -0.05) is 23.8 Å². The van der Waals surface area contributed by atoms with Crippen LogP contribution in [-0.2, 0) is 21.2 Å². The summed E-state index contributed by atoms with van der Waals surface area (Å²) in [6.07, 6.45) is 0.505. The van der Waals surface area contributed by atoms with E-state index in [4.69, 9.17) is 0 Å². The molecule has 3 aromatic rings. The molecule has 0 unspecified atom stereocenters. The van der Waals surface area contributed by atoms with E-state index in [1.165, 1.54) is 24.6 Å². The molecule has 3 rings (SSSR count). The zero-order valence-electron chi connectivity index (χ0n) is 15.6. The van der Waals surface area contributed by atoms with Crippen molar-refractivity contribution in [2.75, 3.05) is 11.9 Å². The molecule has 0 aliphatic carbocycles. The first-order valence-electron chi connectivity index (χ1n) is 8.72. The van der Waals surface area contributed by atoms with Crippen LogP contribution in [0.15, 0.2) is 58.8 Å². The fourth-order valence-electron chi connectivity index (χ4n) is 2.65. The number of nitrogens with zero attached hydrogens (tertiary/aromatic N) is 1. The number of rotatable bonds is 7. The largest absolute Gasteiger partial charge is 0.326 e. The molecule has 8 heteroatoms. The third-order valence-corrected chi connectivity index (χ3v) is 6.39. The monoisotopic (exact) mass is 415 g/mol. The molecule has 0 bridgehead atoms. The van der Waals surface area contributed by atoms with Gasteiger partial charge in [0.2, 0.25) is 15.9 Å². The predicted molar refractivity (Wildman–Crippen MR) is 112 cm³/mol. The molecule has 0 saturated heterocycles. The summed E-state index contributed by atoms with van der Waals surface area (Å²) in [5.41, 5.74) is 3.64. The van der Waals surface area contributed by atoms with Crippen LogP contribution in [-0.4, -0.2) is 25.9 Å². The predicted octanol–water partition coefficient (Wildman–Crippen LogP) is 3.60. The molecule has 146 valence electrons. The highest BCUT2D eigenvalue weighted by Gasteiger charge is 2.14. The summed E-state index contributed by atoms with van der Waals surface area (Å²) in [4.78, 5) is 15.8. The second kappa shape index (κ2) is 8.64. The van der Waals surface area contributed by atoms with Gasteiger partial charge in [0, 0.05) is 36.5 Å². The topological polar surface area (TPSA) is 88.2 Å². The van der Waals surface area contributed by atoms with Gasteiger partial charge in [-0.25, -0.2) is 18.1 Å². The van der Waals surface area contributed by atoms with E-state index in [-0.39, 0.29) is 17.3 Å². The number of benzene rings is 2. The van der Waals surface area contributed by atoms with Crippen LogP contribution in [0.25, 0.3) is 10.6 Å². The molecule has 28 heavy (non-hydrogen) atoms. The molecule has 2 aromatic carbocycles. The Morgan fingerprint density at radius 3 is 2.57 bits per heavy atom. The van der Waals surface area contributed by atoms with Crippen LogP contribution >= 0.6 is 11.3 Å². The molecule has 1 heterocycles. The minimum atomic E-state index is -3.61. The van der Waals surface area contributed by atoms with Crippen molar-refractivity contribution in [1.29, 1.82) is 0 Å². The third-order valence-electron chi connectivity index (χ3n) is 3.97. The van der Waals surface area contributed by atoms with Crippen molar-refractivity contribution in [2.24, 2.45) is 0 Å². The Morgan fingerprint density at radius 2 is 1.89 bits per heavy atom. The molecule has 2 N–H and O–H groups in total. The van der Waals surface area contributed by atoms with Gasteiger partial charge in [-0.15, -0.1) is 11.3 Å². The van der Waals surface area contributed by atoms with Crippen molar-refractivity contribution in [3.8, 4) is 10.6 Å². The molecule has 0 atom stereocenters. The first-order chi connectivity index (χ1) is 13.3. The maximum absolute atomic E-state index is 12.4. The molecular weight excluding hydrogens is 394 g/mol. The first kappa shape index (κ1) is 20.2. The Balaban J connectivity index is 1.59. The number of aryl methyl sites for hydroxylation is 1. The van der Waals surface area contributed by atoms with E-state index < -0.39 is 10.0 Å². The molecule has 0 spiro atoms.